The monoisotopic (exact) mass is 401 g/mol. The summed E-state index contributed by atoms with van der Waals surface area (Å²) in [7, 11) is 1.09. The first-order valence-corrected chi connectivity index (χ1v) is 9.22. The Labute approximate surface area is 170 Å². The summed E-state index contributed by atoms with van der Waals surface area (Å²) in [5.74, 6) is -2.36. The fraction of sp³-hybridized carbons (Fsp3) is 0.429. The van der Waals surface area contributed by atoms with Gasteiger partial charge in [-0.3, -0.25) is 9.59 Å². The predicted octanol–water partition coefficient (Wildman–Crippen LogP) is 1.77. The van der Waals surface area contributed by atoms with Crippen LogP contribution in [0.5, 0.6) is 0 Å². The molecule has 8 nitrogen and oxygen atoms in total. The van der Waals surface area contributed by atoms with Crippen LogP contribution in [0, 0.1) is 17.2 Å². The number of nitrogens with one attached hydrogen (secondary N) is 2. The first-order valence-electron chi connectivity index (χ1n) is 9.22. The van der Waals surface area contributed by atoms with Crippen LogP contribution in [0.1, 0.15) is 32.8 Å². The van der Waals surface area contributed by atoms with Crippen molar-refractivity contribution in [3.63, 3.8) is 0 Å². The highest BCUT2D eigenvalue weighted by molar-refractivity contribution is 5.93. The maximum absolute atomic E-state index is 12.8. The zero-order chi connectivity index (χ0) is 22.0. The molecule has 2 atom stereocenters. The van der Waals surface area contributed by atoms with E-state index in [0.717, 1.165) is 12.7 Å². The van der Waals surface area contributed by atoms with Gasteiger partial charge in [0.1, 0.15) is 17.9 Å². The number of amides is 2. The molecule has 0 aliphatic carbocycles. The Morgan fingerprint density at radius 1 is 1.14 bits per heavy atom. The van der Waals surface area contributed by atoms with Gasteiger partial charge in [0.05, 0.1) is 13.2 Å². The Morgan fingerprint density at radius 2 is 1.76 bits per heavy atom. The van der Waals surface area contributed by atoms with Crippen molar-refractivity contribution >= 4 is 17.8 Å². The lowest BCUT2D eigenvalue weighted by Crippen LogP contribution is -2.51. The second-order valence-corrected chi connectivity index (χ2v) is 7.00. The number of carbonyl (C=O) groups excluding carboxylic acids is 3. The number of hydrogen-bond acceptors (Lipinski definition) is 6. The molecule has 29 heavy (non-hydrogen) atoms. The van der Waals surface area contributed by atoms with Crippen molar-refractivity contribution in [3.8, 4) is 6.07 Å². The molecule has 1 unspecified atom stereocenters. The van der Waals surface area contributed by atoms with Crippen LogP contribution in [0.25, 0.3) is 0 Å². The Bertz CT molecular complexity index is 796. The van der Waals surface area contributed by atoms with Crippen molar-refractivity contribution in [1.29, 1.82) is 5.26 Å². The third-order valence-corrected chi connectivity index (χ3v) is 4.09. The molecule has 0 aromatic heterocycles. The number of nitrogens with zero attached hydrogens (tertiary/aromatic N) is 1. The quantitative estimate of drug-likeness (QED) is 0.250. The lowest BCUT2D eigenvalue weighted by atomic mass is 9.99. The van der Waals surface area contributed by atoms with Gasteiger partial charge in [0.15, 0.2) is 5.57 Å². The van der Waals surface area contributed by atoms with Crippen LogP contribution in [0.2, 0.25) is 0 Å². The van der Waals surface area contributed by atoms with Crippen molar-refractivity contribution in [1.82, 2.24) is 10.6 Å². The fourth-order valence-corrected chi connectivity index (χ4v) is 2.77. The number of aliphatic hydroxyl groups excluding tert-OH is 1. The number of nitriles is 1. The summed E-state index contributed by atoms with van der Waals surface area (Å²) >= 11 is 0. The molecule has 3 N–H and O–H groups in total. The minimum Gasteiger partial charge on any atom is -0.508 e. The molecule has 0 bridgehead atoms. The van der Waals surface area contributed by atoms with Crippen LogP contribution >= 0.6 is 0 Å². The van der Waals surface area contributed by atoms with Crippen LogP contribution in [0.4, 0.5) is 0 Å². The number of rotatable bonds is 9. The third kappa shape index (κ3) is 7.66. The van der Waals surface area contributed by atoms with Gasteiger partial charge in [0.2, 0.25) is 11.8 Å². The number of benzene rings is 1. The molecule has 0 saturated heterocycles. The van der Waals surface area contributed by atoms with Crippen molar-refractivity contribution in [3.05, 3.63) is 47.2 Å². The maximum atomic E-state index is 12.8. The first kappa shape index (κ1) is 23.7. The van der Waals surface area contributed by atoms with Gasteiger partial charge >= 0.3 is 5.97 Å². The minimum atomic E-state index is -1.05. The largest absolute Gasteiger partial charge is 0.508 e. The molecule has 0 radical (unpaired) electrons. The molecule has 0 saturated carbocycles. The number of methoxy groups -OCH3 is 1. The topological polar surface area (TPSA) is 129 Å². The zero-order valence-electron chi connectivity index (χ0n) is 17.1. The number of ether oxygens (including phenoxy) is 1. The molecule has 0 aliphatic heterocycles. The molecule has 0 spiro atoms. The SMILES string of the molecule is COC(=O)/C(C#N)=C(\O)[C@H](Cc1ccccc1)NC(=O)C(CC(C)C)NC(C)=O. The highest BCUT2D eigenvalue weighted by Crippen LogP contribution is 2.15. The van der Waals surface area contributed by atoms with Gasteiger partial charge in [-0.25, -0.2) is 4.79 Å². The van der Waals surface area contributed by atoms with E-state index in [1.54, 1.807) is 30.3 Å². The molecule has 0 aliphatic rings. The summed E-state index contributed by atoms with van der Waals surface area (Å²) in [5.41, 5.74) is 0.181. The molecule has 0 fully saturated rings. The van der Waals surface area contributed by atoms with E-state index in [1.165, 1.54) is 6.92 Å². The van der Waals surface area contributed by atoms with Gasteiger partial charge < -0.3 is 20.5 Å². The van der Waals surface area contributed by atoms with E-state index in [0.29, 0.717) is 6.42 Å². The fourth-order valence-electron chi connectivity index (χ4n) is 2.77. The second kappa shape index (κ2) is 11.5. The van der Waals surface area contributed by atoms with Crippen LogP contribution in [0.3, 0.4) is 0 Å². The van der Waals surface area contributed by atoms with Crippen LogP contribution in [0.15, 0.2) is 41.7 Å². The summed E-state index contributed by atoms with van der Waals surface area (Å²) in [4.78, 5) is 36.1. The Hall–Kier alpha value is -3.34. The average Bonchev–Trinajstić information content (AvgIpc) is 2.67. The number of carbonyl (C=O) groups is 3. The molecule has 2 amide bonds. The van der Waals surface area contributed by atoms with Crippen molar-refractivity contribution in [2.45, 2.75) is 45.7 Å². The lowest BCUT2D eigenvalue weighted by molar-refractivity contribution is -0.136. The number of hydrogen-bond donors (Lipinski definition) is 3. The van der Waals surface area contributed by atoms with Gasteiger partial charge in [0, 0.05) is 6.92 Å². The van der Waals surface area contributed by atoms with E-state index in [9.17, 15) is 24.8 Å². The average molecular weight is 401 g/mol. The van der Waals surface area contributed by atoms with Crippen molar-refractivity contribution in [2.24, 2.45) is 5.92 Å². The number of aliphatic hydroxyl groups is 1. The zero-order valence-corrected chi connectivity index (χ0v) is 17.1. The van der Waals surface area contributed by atoms with E-state index in [2.05, 4.69) is 15.4 Å². The highest BCUT2D eigenvalue weighted by atomic mass is 16.5. The molecular formula is C21H27N3O5. The maximum Gasteiger partial charge on any atom is 0.352 e. The van der Waals surface area contributed by atoms with E-state index in [4.69, 9.17) is 0 Å². The summed E-state index contributed by atoms with van der Waals surface area (Å²) in [5, 5.41) is 25.1. The van der Waals surface area contributed by atoms with Crippen molar-refractivity contribution in [2.75, 3.05) is 7.11 Å². The summed E-state index contributed by atoms with van der Waals surface area (Å²) in [6.45, 7) is 5.13. The second-order valence-electron chi connectivity index (χ2n) is 7.00. The molecule has 1 rings (SSSR count). The molecule has 1 aromatic carbocycles. The predicted molar refractivity (Wildman–Crippen MR) is 106 cm³/mol. The van der Waals surface area contributed by atoms with Gasteiger partial charge in [-0.1, -0.05) is 44.2 Å². The van der Waals surface area contributed by atoms with Crippen LogP contribution in [-0.2, 0) is 25.5 Å². The summed E-state index contributed by atoms with van der Waals surface area (Å²) in [6, 6.07) is 8.72. The van der Waals surface area contributed by atoms with Gasteiger partial charge in [-0.05, 0) is 24.3 Å². The molecule has 1 aromatic rings. The van der Waals surface area contributed by atoms with Gasteiger partial charge in [-0.15, -0.1) is 0 Å². The first-order chi connectivity index (χ1) is 13.7. The lowest BCUT2D eigenvalue weighted by Gasteiger charge is -2.24. The highest BCUT2D eigenvalue weighted by Gasteiger charge is 2.28. The molecule has 8 heteroatoms. The van der Waals surface area contributed by atoms with E-state index in [-0.39, 0.29) is 18.2 Å². The van der Waals surface area contributed by atoms with E-state index >= 15 is 0 Å². The summed E-state index contributed by atoms with van der Waals surface area (Å²) in [6.07, 6.45) is 0.519. The third-order valence-electron chi connectivity index (χ3n) is 4.09. The van der Waals surface area contributed by atoms with Crippen LogP contribution < -0.4 is 10.6 Å². The Kier molecular flexibility index (Phi) is 9.39. The Balaban J connectivity index is 3.24. The number of esters is 1. The molecule has 0 heterocycles. The molecular weight excluding hydrogens is 374 g/mol. The van der Waals surface area contributed by atoms with Crippen molar-refractivity contribution < 1.29 is 24.2 Å². The summed E-state index contributed by atoms with van der Waals surface area (Å²) < 4.78 is 4.53. The van der Waals surface area contributed by atoms with Gasteiger partial charge in [-0.2, -0.15) is 5.26 Å². The van der Waals surface area contributed by atoms with E-state index < -0.39 is 35.3 Å². The standard InChI is InChI=1S/C21H27N3O5/c1-13(2)10-18(23-14(3)25)20(27)24-17(11-15-8-6-5-7-9-15)19(26)16(12-22)21(28)29-4/h5-9,13,17-18,26H,10-11H2,1-4H3,(H,23,25)(H,24,27)/b19-16-/t17-,18?/m0/s1. The molecule has 156 valence electrons. The smallest absolute Gasteiger partial charge is 0.352 e. The minimum absolute atomic E-state index is 0.124. The normalized spacial score (nSPS) is 13.5. The van der Waals surface area contributed by atoms with Crippen LogP contribution in [-0.4, -0.2) is 42.1 Å². The van der Waals surface area contributed by atoms with Gasteiger partial charge in [0.25, 0.3) is 0 Å². The van der Waals surface area contributed by atoms with E-state index in [1.807, 2.05) is 19.9 Å². The Morgan fingerprint density at radius 3 is 2.24 bits per heavy atom.